The Bertz CT molecular complexity index is 1100. The normalized spacial score (nSPS) is 16.1. The maximum Gasteiger partial charge on any atom is 0.239 e. The number of hydrogen-bond acceptors (Lipinski definition) is 9. The summed E-state index contributed by atoms with van der Waals surface area (Å²) in [6.07, 6.45) is 1.97. The van der Waals surface area contributed by atoms with E-state index in [9.17, 15) is 27.2 Å². The largest absolute Gasteiger partial charge is 0.409 e. The summed E-state index contributed by atoms with van der Waals surface area (Å²) in [5, 5.41) is 27.6. The lowest BCUT2D eigenvalue weighted by Crippen LogP contribution is -2.34. The molecule has 1 heterocycles. The number of carbonyl (C=O) groups is 1. The molecule has 31 heavy (non-hydrogen) atoms. The monoisotopic (exact) mass is 458 g/mol. The Labute approximate surface area is 175 Å². The summed E-state index contributed by atoms with van der Waals surface area (Å²) >= 11 is 0. The van der Waals surface area contributed by atoms with Crippen LogP contribution in [0.4, 0.5) is 14.6 Å². The molecule has 1 amide bonds. The van der Waals surface area contributed by atoms with Gasteiger partial charge in [-0.2, -0.15) is 0 Å². The Hall–Kier alpha value is -3.29. The number of hydrogen-bond donors (Lipinski definition) is 4. The third-order valence-corrected chi connectivity index (χ3v) is 5.55. The van der Waals surface area contributed by atoms with Gasteiger partial charge in [-0.25, -0.2) is 21.8 Å². The highest BCUT2D eigenvalue weighted by Crippen LogP contribution is 2.34. The molecule has 0 saturated heterocycles. The van der Waals surface area contributed by atoms with Crippen LogP contribution in [0, 0.1) is 11.6 Å². The summed E-state index contributed by atoms with van der Waals surface area (Å²) in [6, 6.07) is 1.88. The van der Waals surface area contributed by atoms with Gasteiger partial charge < -0.3 is 21.2 Å². The summed E-state index contributed by atoms with van der Waals surface area (Å²) in [7, 11) is -3.21. The first-order valence-corrected chi connectivity index (χ1v) is 11.2. The number of benzene rings is 1. The van der Waals surface area contributed by atoms with E-state index >= 15 is 0 Å². The van der Waals surface area contributed by atoms with Gasteiger partial charge in [0.15, 0.2) is 23.2 Å². The lowest BCUT2D eigenvalue weighted by molar-refractivity contribution is -0.119. The number of rotatable bonds is 8. The zero-order chi connectivity index (χ0) is 22.6. The first-order valence-electron chi connectivity index (χ1n) is 9.16. The van der Waals surface area contributed by atoms with E-state index in [1.807, 2.05) is 0 Å². The molecule has 0 saturated carbocycles. The minimum Gasteiger partial charge on any atom is -0.409 e. The highest BCUT2D eigenvalue weighted by atomic mass is 32.2. The predicted molar refractivity (Wildman–Crippen MR) is 104 cm³/mol. The number of fused-ring (bicyclic) bond motifs is 1. The fourth-order valence-corrected chi connectivity index (χ4v) is 3.63. The lowest BCUT2D eigenvalue weighted by atomic mass is 10.1. The fourth-order valence-electron chi connectivity index (χ4n) is 3.16. The van der Waals surface area contributed by atoms with Crippen LogP contribution in [0.5, 0.6) is 0 Å². The van der Waals surface area contributed by atoms with Crippen LogP contribution in [-0.4, -0.2) is 60.8 Å². The summed E-state index contributed by atoms with van der Waals surface area (Å²) in [5.41, 5.74) is 0.685. The maximum atomic E-state index is 14.3. The second-order valence-corrected chi connectivity index (χ2v) is 9.17. The first kappa shape index (κ1) is 22.4. The quantitative estimate of drug-likeness (QED) is 0.189. The Kier molecular flexibility index (Phi) is 6.68. The Balaban J connectivity index is 1.65. The number of aryl methyl sites for hydroxylation is 1. The van der Waals surface area contributed by atoms with Gasteiger partial charge in [0.1, 0.15) is 9.84 Å². The molecule has 0 fully saturated rings. The molecule has 0 radical (unpaired) electrons. The SMILES string of the molecule is CS(=O)(=O)CCNC(=O)CNc1nonc1/C(=N/O)NC1CCc2ccc(F)c(F)c21. The third-order valence-electron chi connectivity index (χ3n) is 4.61. The summed E-state index contributed by atoms with van der Waals surface area (Å²) < 4.78 is 54.7. The Morgan fingerprint density at radius 2 is 2.13 bits per heavy atom. The van der Waals surface area contributed by atoms with Crippen LogP contribution in [-0.2, 0) is 21.1 Å². The minimum absolute atomic E-state index is 0.0449. The number of anilines is 1. The number of amidine groups is 1. The van der Waals surface area contributed by atoms with Gasteiger partial charge in [-0.3, -0.25) is 4.79 Å². The average molecular weight is 458 g/mol. The van der Waals surface area contributed by atoms with Gasteiger partial charge in [0.05, 0.1) is 18.3 Å². The molecule has 3 rings (SSSR count). The van der Waals surface area contributed by atoms with Crippen molar-refractivity contribution in [2.75, 3.05) is 30.4 Å². The van der Waals surface area contributed by atoms with Gasteiger partial charge in [-0.05, 0) is 34.8 Å². The van der Waals surface area contributed by atoms with Crippen LogP contribution in [0.1, 0.15) is 29.3 Å². The van der Waals surface area contributed by atoms with E-state index in [-0.39, 0.29) is 41.8 Å². The number of nitrogens with one attached hydrogen (secondary N) is 3. The van der Waals surface area contributed by atoms with E-state index in [4.69, 9.17) is 0 Å². The van der Waals surface area contributed by atoms with Crippen LogP contribution in [0.15, 0.2) is 21.9 Å². The molecule has 1 aromatic heterocycles. The smallest absolute Gasteiger partial charge is 0.239 e. The maximum absolute atomic E-state index is 14.3. The highest BCUT2D eigenvalue weighted by molar-refractivity contribution is 7.90. The molecule has 0 aliphatic heterocycles. The standard InChI is InChI=1S/C17H20F2N6O5S/c1-31(28,29)7-6-20-12(26)8-21-16-15(24-30-25-16)17(23-27)22-11-5-3-9-2-4-10(18)14(19)13(9)11/h2,4,11,27H,3,5-8H2,1H3,(H,20,26)(H,21,25)(H,22,23). The Morgan fingerprint density at radius 3 is 2.84 bits per heavy atom. The Morgan fingerprint density at radius 1 is 1.35 bits per heavy atom. The number of oxime groups is 1. The van der Waals surface area contributed by atoms with Crippen molar-refractivity contribution in [2.24, 2.45) is 5.16 Å². The van der Waals surface area contributed by atoms with Gasteiger partial charge in [-0.15, -0.1) is 0 Å². The summed E-state index contributed by atoms with van der Waals surface area (Å²) in [6.45, 7) is -0.354. The van der Waals surface area contributed by atoms with Gasteiger partial charge in [0.25, 0.3) is 0 Å². The van der Waals surface area contributed by atoms with Crippen molar-refractivity contribution >= 4 is 27.4 Å². The van der Waals surface area contributed by atoms with E-state index in [2.05, 4.69) is 36.0 Å². The highest BCUT2D eigenvalue weighted by Gasteiger charge is 2.30. The van der Waals surface area contributed by atoms with Crippen molar-refractivity contribution < 1.29 is 31.8 Å². The van der Waals surface area contributed by atoms with Crippen molar-refractivity contribution in [1.82, 2.24) is 20.9 Å². The zero-order valence-corrected chi connectivity index (χ0v) is 17.2. The van der Waals surface area contributed by atoms with Crippen LogP contribution in [0.3, 0.4) is 0 Å². The molecule has 0 bridgehead atoms. The van der Waals surface area contributed by atoms with Gasteiger partial charge in [0, 0.05) is 18.4 Å². The van der Waals surface area contributed by atoms with Crippen LogP contribution >= 0.6 is 0 Å². The molecular weight excluding hydrogens is 438 g/mol. The van der Waals surface area contributed by atoms with Crippen LogP contribution in [0.25, 0.3) is 0 Å². The van der Waals surface area contributed by atoms with Gasteiger partial charge in [0.2, 0.25) is 11.7 Å². The molecule has 2 aromatic rings. The van der Waals surface area contributed by atoms with E-state index in [1.54, 1.807) is 0 Å². The summed E-state index contributed by atoms with van der Waals surface area (Å²) in [4.78, 5) is 11.8. The number of carbonyl (C=O) groups excluding carboxylic acids is 1. The third kappa shape index (κ3) is 5.45. The van der Waals surface area contributed by atoms with Crippen molar-refractivity contribution in [1.29, 1.82) is 0 Å². The van der Waals surface area contributed by atoms with Crippen molar-refractivity contribution in [3.63, 3.8) is 0 Å². The summed E-state index contributed by atoms with van der Waals surface area (Å²) in [5.74, 6) is -2.95. The molecule has 4 N–H and O–H groups in total. The number of sulfone groups is 1. The molecular formula is C17H20F2N6O5S. The zero-order valence-electron chi connectivity index (χ0n) is 16.4. The second-order valence-electron chi connectivity index (χ2n) is 6.91. The topological polar surface area (TPSA) is 159 Å². The average Bonchev–Trinajstić information content (AvgIpc) is 3.33. The van der Waals surface area contributed by atoms with Crippen molar-refractivity contribution in [3.8, 4) is 0 Å². The first-order chi connectivity index (χ1) is 14.7. The fraction of sp³-hybridized carbons (Fsp3) is 0.412. The number of aromatic nitrogens is 2. The molecule has 1 aromatic carbocycles. The molecule has 0 spiro atoms. The van der Waals surface area contributed by atoms with E-state index < -0.39 is 33.4 Å². The number of nitrogens with zero attached hydrogens (tertiary/aromatic N) is 3. The molecule has 1 atom stereocenters. The molecule has 1 aliphatic rings. The lowest BCUT2D eigenvalue weighted by Gasteiger charge is -2.16. The van der Waals surface area contributed by atoms with Crippen molar-refractivity contribution in [3.05, 3.63) is 40.6 Å². The predicted octanol–water partition coefficient (Wildman–Crippen LogP) is 0.333. The van der Waals surface area contributed by atoms with Crippen molar-refractivity contribution in [2.45, 2.75) is 18.9 Å². The molecule has 1 aliphatic carbocycles. The van der Waals surface area contributed by atoms with Crippen LogP contribution < -0.4 is 16.0 Å². The van der Waals surface area contributed by atoms with E-state index in [0.29, 0.717) is 18.4 Å². The molecule has 168 valence electrons. The number of amides is 1. The number of halogens is 2. The minimum atomic E-state index is -3.21. The second kappa shape index (κ2) is 9.24. The molecule has 1 unspecified atom stereocenters. The van der Waals surface area contributed by atoms with Gasteiger partial charge in [-0.1, -0.05) is 11.2 Å². The van der Waals surface area contributed by atoms with Gasteiger partial charge >= 0.3 is 0 Å². The van der Waals surface area contributed by atoms with E-state index in [1.165, 1.54) is 6.07 Å². The van der Waals surface area contributed by atoms with Crippen LogP contribution in [0.2, 0.25) is 0 Å². The molecule has 14 heteroatoms. The van der Waals surface area contributed by atoms with E-state index in [0.717, 1.165) is 12.3 Å². The molecule has 11 nitrogen and oxygen atoms in total.